The Labute approximate surface area is 277 Å². The van der Waals surface area contributed by atoms with Crippen LogP contribution in [0.5, 0.6) is 11.5 Å². The van der Waals surface area contributed by atoms with Crippen molar-refractivity contribution < 1.29 is 19.0 Å². The Bertz CT molecular complexity index is 2150. The molecule has 1 aliphatic heterocycles. The van der Waals surface area contributed by atoms with E-state index in [1.165, 1.54) is 11.3 Å². The number of para-hydroxylation sites is 1. The molecule has 0 bridgehead atoms. The molecule has 0 amide bonds. The van der Waals surface area contributed by atoms with E-state index in [-0.39, 0.29) is 11.7 Å². The van der Waals surface area contributed by atoms with Gasteiger partial charge in [-0.1, -0.05) is 41.7 Å². The number of methoxy groups -OCH3 is 2. The minimum absolute atomic E-state index is 0.277. The first-order valence-corrected chi connectivity index (χ1v) is 16.2. The smallest absolute Gasteiger partial charge is 0.338 e. The van der Waals surface area contributed by atoms with Gasteiger partial charge in [0.05, 0.1) is 52.3 Å². The van der Waals surface area contributed by atoms with Gasteiger partial charge >= 0.3 is 5.97 Å². The molecule has 0 saturated heterocycles. The highest BCUT2D eigenvalue weighted by molar-refractivity contribution is 9.10. The largest absolute Gasteiger partial charge is 0.497 e. The number of benzene rings is 3. The Morgan fingerprint density at radius 1 is 1.02 bits per heavy atom. The molecule has 3 heterocycles. The zero-order valence-corrected chi connectivity index (χ0v) is 28.3. The highest BCUT2D eigenvalue weighted by Gasteiger charge is 2.34. The van der Waals surface area contributed by atoms with Crippen LogP contribution in [0.1, 0.15) is 37.9 Å². The maximum Gasteiger partial charge on any atom is 0.338 e. The first-order valence-electron chi connectivity index (χ1n) is 14.5. The van der Waals surface area contributed by atoms with Crippen molar-refractivity contribution in [3.05, 3.63) is 126 Å². The second-order valence-electron chi connectivity index (χ2n) is 10.9. The lowest BCUT2D eigenvalue weighted by Crippen LogP contribution is -2.40. The van der Waals surface area contributed by atoms with Crippen molar-refractivity contribution in [3.8, 4) is 28.4 Å². The fourth-order valence-electron chi connectivity index (χ4n) is 5.35. The van der Waals surface area contributed by atoms with E-state index in [1.54, 1.807) is 44.2 Å². The second kappa shape index (κ2) is 12.9. The molecule has 0 radical (unpaired) electrons. The number of rotatable bonds is 8. The van der Waals surface area contributed by atoms with Crippen LogP contribution >= 0.6 is 27.3 Å². The molecule has 46 heavy (non-hydrogen) atoms. The lowest BCUT2D eigenvalue weighted by atomic mass is 9.96. The number of hydrogen-bond donors (Lipinski definition) is 0. The van der Waals surface area contributed by atoms with Crippen LogP contribution in [-0.2, 0) is 9.53 Å². The van der Waals surface area contributed by atoms with Gasteiger partial charge < -0.3 is 14.2 Å². The summed E-state index contributed by atoms with van der Waals surface area (Å²) in [5, 5.41) is 4.92. The van der Waals surface area contributed by atoms with Gasteiger partial charge in [0.1, 0.15) is 17.2 Å². The number of halogens is 1. The number of fused-ring (bicyclic) bond motifs is 1. The molecular weight excluding hydrogens is 668 g/mol. The summed E-state index contributed by atoms with van der Waals surface area (Å²) < 4.78 is 21.0. The number of aromatic nitrogens is 3. The maximum absolute atomic E-state index is 14.3. The predicted octanol–water partition coefficient (Wildman–Crippen LogP) is 5.82. The topological polar surface area (TPSA) is 96.9 Å². The van der Waals surface area contributed by atoms with Crippen molar-refractivity contribution in [2.24, 2.45) is 4.99 Å². The Balaban J connectivity index is 1.55. The number of thiazole rings is 1. The summed E-state index contributed by atoms with van der Waals surface area (Å²) in [5.74, 6) is 0.848. The molecule has 2 aromatic heterocycles. The zero-order chi connectivity index (χ0) is 32.5. The zero-order valence-electron chi connectivity index (χ0n) is 25.9. The standard InChI is InChI=1S/C35H31BrN4O5S/c1-20(2)45-34(42)30-21(3)37-35-40(32(30)22-11-14-26(43-4)15-12-22)33(41)29(46-35)18-24-19-39(25-9-7-6-8-10-25)38-31(24)23-13-16-28(44-5)27(36)17-23/h6-20,32H,1-5H3/b29-18+/t32-/m1/s1. The first kappa shape index (κ1) is 31.3. The van der Waals surface area contributed by atoms with Gasteiger partial charge in [-0.3, -0.25) is 9.36 Å². The lowest BCUT2D eigenvalue weighted by molar-refractivity contribution is -0.143. The molecule has 5 aromatic rings. The number of esters is 1. The third-order valence-corrected chi connectivity index (χ3v) is 9.09. The average molecular weight is 700 g/mol. The van der Waals surface area contributed by atoms with E-state index in [0.29, 0.717) is 37.8 Å². The summed E-state index contributed by atoms with van der Waals surface area (Å²) in [6.07, 6.45) is 3.39. The highest BCUT2D eigenvalue weighted by Crippen LogP contribution is 2.33. The molecule has 0 N–H and O–H groups in total. The molecule has 0 saturated carbocycles. The van der Waals surface area contributed by atoms with Gasteiger partial charge in [-0.2, -0.15) is 5.10 Å². The monoisotopic (exact) mass is 698 g/mol. The van der Waals surface area contributed by atoms with Crippen LogP contribution in [0.25, 0.3) is 23.0 Å². The normalized spacial score (nSPS) is 14.7. The van der Waals surface area contributed by atoms with Crippen LogP contribution in [0.15, 0.2) is 105 Å². The number of ether oxygens (including phenoxy) is 3. The SMILES string of the molecule is COc1ccc([C@@H]2C(C(=O)OC(C)C)=C(C)N=c3s/c(=C/c4cn(-c5ccccc5)nc4-c4ccc(OC)c(Br)c4)c(=O)n32)cc1. The highest BCUT2D eigenvalue weighted by atomic mass is 79.9. The molecule has 0 fully saturated rings. The summed E-state index contributed by atoms with van der Waals surface area (Å²) in [7, 11) is 3.20. The van der Waals surface area contributed by atoms with Crippen LogP contribution < -0.4 is 24.4 Å². The van der Waals surface area contributed by atoms with Crippen LogP contribution in [0, 0.1) is 0 Å². The quantitative estimate of drug-likeness (QED) is 0.190. The molecular formula is C35H31BrN4O5S. The van der Waals surface area contributed by atoms with Crippen LogP contribution in [0.2, 0.25) is 0 Å². The third-order valence-electron chi connectivity index (χ3n) is 7.49. The number of carbonyl (C=O) groups is 1. The van der Waals surface area contributed by atoms with Gasteiger partial charge in [0.15, 0.2) is 4.80 Å². The average Bonchev–Trinajstić information content (AvgIpc) is 3.61. The van der Waals surface area contributed by atoms with E-state index in [0.717, 1.165) is 26.9 Å². The van der Waals surface area contributed by atoms with Gasteiger partial charge in [-0.25, -0.2) is 14.5 Å². The van der Waals surface area contributed by atoms with E-state index in [9.17, 15) is 9.59 Å². The van der Waals surface area contributed by atoms with E-state index >= 15 is 0 Å². The van der Waals surface area contributed by atoms with E-state index < -0.39 is 12.0 Å². The van der Waals surface area contributed by atoms with Gasteiger partial charge in [0.2, 0.25) is 0 Å². The molecule has 6 rings (SSSR count). The van der Waals surface area contributed by atoms with Gasteiger partial charge in [-0.15, -0.1) is 0 Å². The molecule has 1 atom stereocenters. The predicted molar refractivity (Wildman–Crippen MR) is 181 cm³/mol. The summed E-state index contributed by atoms with van der Waals surface area (Å²) in [5.41, 5.74) is 4.41. The molecule has 1 aliphatic rings. The van der Waals surface area contributed by atoms with Crippen molar-refractivity contribution in [2.75, 3.05) is 14.2 Å². The molecule has 11 heteroatoms. The second-order valence-corrected chi connectivity index (χ2v) is 12.7. The molecule has 0 aliphatic carbocycles. The fourth-order valence-corrected chi connectivity index (χ4v) is 6.93. The van der Waals surface area contributed by atoms with Crippen molar-refractivity contribution in [1.29, 1.82) is 0 Å². The third kappa shape index (κ3) is 5.95. The number of carbonyl (C=O) groups excluding carboxylic acids is 1. The summed E-state index contributed by atoms with van der Waals surface area (Å²) in [6, 6.07) is 22.1. The van der Waals surface area contributed by atoms with Crippen molar-refractivity contribution in [2.45, 2.75) is 32.9 Å². The molecule has 234 valence electrons. The minimum Gasteiger partial charge on any atom is -0.497 e. The van der Waals surface area contributed by atoms with Crippen molar-refractivity contribution >= 4 is 39.3 Å². The molecule has 0 spiro atoms. The number of nitrogens with zero attached hydrogens (tertiary/aromatic N) is 4. The van der Waals surface area contributed by atoms with Crippen molar-refractivity contribution in [3.63, 3.8) is 0 Å². The first-order chi connectivity index (χ1) is 22.2. The lowest BCUT2D eigenvalue weighted by Gasteiger charge is -2.25. The van der Waals surface area contributed by atoms with Gasteiger partial charge in [-0.05, 0) is 90.8 Å². The maximum atomic E-state index is 14.3. The summed E-state index contributed by atoms with van der Waals surface area (Å²) >= 11 is 4.85. The van der Waals surface area contributed by atoms with Gasteiger partial charge in [0, 0.05) is 17.3 Å². The fraction of sp³-hybridized carbons (Fsp3) is 0.200. The summed E-state index contributed by atoms with van der Waals surface area (Å²) in [4.78, 5) is 33.0. The molecule has 3 aromatic carbocycles. The number of allylic oxidation sites excluding steroid dienone is 1. The minimum atomic E-state index is -0.736. The Morgan fingerprint density at radius 2 is 1.76 bits per heavy atom. The van der Waals surface area contributed by atoms with Crippen molar-refractivity contribution in [1.82, 2.24) is 14.3 Å². The van der Waals surface area contributed by atoms with Crippen LogP contribution in [-0.4, -0.2) is 40.6 Å². The Hall–Kier alpha value is -4.74. The Kier molecular flexibility index (Phi) is 8.79. The molecule has 0 unspecified atom stereocenters. The van der Waals surface area contributed by atoms with Gasteiger partial charge in [0.25, 0.3) is 5.56 Å². The molecule has 9 nitrogen and oxygen atoms in total. The Morgan fingerprint density at radius 3 is 2.41 bits per heavy atom. The van der Waals surface area contributed by atoms with Crippen LogP contribution in [0.3, 0.4) is 0 Å². The van der Waals surface area contributed by atoms with E-state index in [1.807, 2.05) is 85.1 Å². The van der Waals surface area contributed by atoms with E-state index in [2.05, 4.69) is 15.9 Å². The van der Waals surface area contributed by atoms with E-state index in [4.69, 9.17) is 24.3 Å². The van der Waals surface area contributed by atoms with Crippen LogP contribution in [0.4, 0.5) is 0 Å². The number of hydrogen-bond acceptors (Lipinski definition) is 8. The summed E-state index contributed by atoms with van der Waals surface area (Å²) in [6.45, 7) is 5.36.